The van der Waals surface area contributed by atoms with E-state index < -0.39 is 11.4 Å². The van der Waals surface area contributed by atoms with Crippen LogP contribution >= 0.6 is 0 Å². The van der Waals surface area contributed by atoms with Crippen molar-refractivity contribution in [2.45, 2.75) is 50.9 Å². The molecule has 0 amide bonds. The van der Waals surface area contributed by atoms with E-state index in [1.807, 2.05) is 6.92 Å². The van der Waals surface area contributed by atoms with Gasteiger partial charge in [0.05, 0.1) is 18.2 Å². The second-order valence-electron chi connectivity index (χ2n) is 5.02. The molecule has 1 aliphatic carbocycles. The van der Waals surface area contributed by atoms with Gasteiger partial charge in [0.15, 0.2) is 0 Å². The summed E-state index contributed by atoms with van der Waals surface area (Å²) in [5.41, 5.74) is 0.745. The van der Waals surface area contributed by atoms with Crippen LogP contribution in [0, 0.1) is 0 Å². The van der Waals surface area contributed by atoms with Crippen molar-refractivity contribution >= 4 is 5.97 Å². The molecular weight excluding hydrogens is 244 g/mol. The first-order chi connectivity index (χ1) is 9.14. The van der Waals surface area contributed by atoms with Gasteiger partial charge in [0.2, 0.25) is 0 Å². The molecule has 2 rings (SSSR count). The van der Waals surface area contributed by atoms with Gasteiger partial charge in [-0.1, -0.05) is 26.2 Å². The van der Waals surface area contributed by atoms with Crippen LogP contribution in [0.3, 0.4) is 0 Å². The Labute approximate surface area is 113 Å². The SMILES string of the molecule is CCc1nc(OC)ncc1C1(C(=O)O)CCCCC1. The van der Waals surface area contributed by atoms with Crippen molar-refractivity contribution in [3.63, 3.8) is 0 Å². The number of carboxylic acids is 1. The average molecular weight is 264 g/mol. The number of aryl methyl sites for hydroxylation is 1. The summed E-state index contributed by atoms with van der Waals surface area (Å²) in [5, 5.41) is 9.70. The molecular formula is C14H20N2O3. The van der Waals surface area contributed by atoms with Crippen LogP contribution < -0.4 is 4.74 Å². The number of hydrogen-bond donors (Lipinski definition) is 1. The first-order valence-corrected chi connectivity index (χ1v) is 6.78. The van der Waals surface area contributed by atoms with Crippen molar-refractivity contribution in [1.82, 2.24) is 9.97 Å². The number of carboxylic acid groups (broad SMARTS) is 1. The summed E-state index contributed by atoms with van der Waals surface area (Å²) in [7, 11) is 1.52. The lowest BCUT2D eigenvalue weighted by Crippen LogP contribution is -2.39. The molecule has 5 heteroatoms. The third-order valence-electron chi connectivity index (χ3n) is 4.00. The Morgan fingerprint density at radius 2 is 2.11 bits per heavy atom. The Hall–Kier alpha value is -1.65. The summed E-state index contributed by atoms with van der Waals surface area (Å²) in [5.74, 6) is -0.754. The zero-order chi connectivity index (χ0) is 13.9. The smallest absolute Gasteiger partial charge is 0.316 e. The first-order valence-electron chi connectivity index (χ1n) is 6.78. The topological polar surface area (TPSA) is 72.3 Å². The predicted octanol–water partition coefficient (Wildman–Crippen LogP) is 2.33. The van der Waals surface area contributed by atoms with Crippen molar-refractivity contribution in [3.8, 4) is 6.01 Å². The fourth-order valence-corrected chi connectivity index (χ4v) is 2.92. The molecule has 1 aliphatic rings. The van der Waals surface area contributed by atoms with E-state index in [2.05, 4.69) is 9.97 Å². The molecule has 1 N–H and O–H groups in total. The largest absolute Gasteiger partial charge is 0.481 e. The number of hydrogen-bond acceptors (Lipinski definition) is 4. The number of ether oxygens (including phenoxy) is 1. The van der Waals surface area contributed by atoms with Crippen molar-refractivity contribution < 1.29 is 14.6 Å². The molecule has 1 heterocycles. The van der Waals surface area contributed by atoms with Gasteiger partial charge in [-0.3, -0.25) is 4.79 Å². The summed E-state index contributed by atoms with van der Waals surface area (Å²) in [6.07, 6.45) is 6.67. The van der Waals surface area contributed by atoms with Gasteiger partial charge in [-0.25, -0.2) is 4.98 Å². The van der Waals surface area contributed by atoms with Crippen LogP contribution in [0.15, 0.2) is 6.20 Å². The van der Waals surface area contributed by atoms with Crippen molar-refractivity contribution in [2.75, 3.05) is 7.11 Å². The van der Waals surface area contributed by atoms with Crippen LogP contribution in [0.1, 0.15) is 50.3 Å². The molecule has 0 bridgehead atoms. The molecule has 1 saturated carbocycles. The molecule has 0 saturated heterocycles. The normalized spacial score (nSPS) is 18.0. The van der Waals surface area contributed by atoms with Crippen LogP contribution in [0.5, 0.6) is 6.01 Å². The Morgan fingerprint density at radius 1 is 1.42 bits per heavy atom. The van der Waals surface area contributed by atoms with Crippen LogP contribution in [-0.2, 0) is 16.6 Å². The van der Waals surface area contributed by atoms with Crippen LogP contribution in [0.2, 0.25) is 0 Å². The maximum absolute atomic E-state index is 11.8. The molecule has 5 nitrogen and oxygen atoms in total. The summed E-state index contributed by atoms with van der Waals surface area (Å²) in [6.45, 7) is 1.98. The van der Waals surface area contributed by atoms with Crippen molar-refractivity contribution in [3.05, 3.63) is 17.5 Å². The third-order valence-corrected chi connectivity index (χ3v) is 4.00. The maximum Gasteiger partial charge on any atom is 0.316 e. The van der Waals surface area contributed by atoms with Crippen molar-refractivity contribution in [1.29, 1.82) is 0 Å². The van der Waals surface area contributed by atoms with E-state index in [9.17, 15) is 9.90 Å². The lowest BCUT2D eigenvalue weighted by atomic mass is 9.69. The zero-order valence-electron chi connectivity index (χ0n) is 11.5. The Kier molecular flexibility index (Phi) is 4.02. The molecule has 0 aromatic carbocycles. The Bertz CT molecular complexity index is 468. The van der Waals surface area contributed by atoms with Crippen molar-refractivity contribution in [2.24, 2.45) is 0 Å². The summed E-state index contributed by atoms with van der Waals surface area (Å²) in [4.78, 5) is 20.2. The highest BCUT2D eigenvalue weighted by Crippen LogP contribution is 2.41. The van der Waals surface area contributed by atoms with E-state index in [4.69, 9.17) is 4.74 Å². The number of carbonyl (C=O) groups is 1. The highest BCUT2D eigenvalue weighted by Gasteiger charge is 2.43. The monoisotopic (exact) mass is 264 g/mol. The molecule has 1 aromatic heterocycles. The number of nitrogens with zero attached hydrogens (tertiary/aromatic N) is 2. The Balaban J connectivity index is 2.50. The summed E-state index contributed by atoms with van der Waals surface area (Å²) in [6, 6.07) is 0.303. The minimum Gasteiger partial charge on any atom is -0.481 e. The standard InChI is InChI=1S/C14H20N2O3/c1-3-11-10(9-15-13(16-11)19-2)14(12(17)18)7-5-4-6-8-14/h9H,3-8H2,1-2H3,(H,17,18). The minimum absolute atomic E-state index is 0.303. The number of aromatic nitrogens is 2. The van der Waals surface area contributed by atoms with Crippen LogP contribution in [-0.4, -0.2) is 28.2 Å². The van der Waals surface area contributed by atoms with E-state index in [0.717, 1.165) is 30.5 Å². The van der Waals surface area contributed by atoms with E-state index in [1.54, 1.807) is 6.20 Å². The summed E-state index contributed by atoms with van der Waals surface area (Å²) < 4.78 is 5.02. The fourth-order valence-electron chi connectivity index (χ4n) is 2.92. The molecule has 0 radical (unpaired) electrons. The lowest BCUT2D eigenvalue weighted by Gasteiger charge is -2.34. The predicted molar refractivity (Wildman–Crippen MR) is 70.4 cm³/mol. The van der Waals surface area contributed by atoms with Crippen LogP contribution in [0.25, 0.3) is 0 Å². The molecule has 1 aromatic rings. The third kappa shape index (κ3) is 2.41. The van der Waals surface area contributed by atoms with Gasteiger partial charge in [0.25, 0.3) is 0 Å². The van der Waals surface area contributed by atoms with E-state index in [-0.39, 0.29) is 0 Å². The zero-order valence-corrected chi connectivity index (χ0v) is 11.5. The number of rotatable bonds is 4. The molecule has 0 unspecified atom stereocenters. The van der Waals surface area contributed by atoms with Gasteiger partial charge in [-0.05, 0) is 19.3 Å². The van der Waals surface area contributed by atoms with Gasteiger partial charge in [-0.15, -0.1) is 0 Å². The van der Waals surface area contributed by atoms with E-state index in [1.165, 1.54) is 7.11 Å². The molecule has 0 atom stereocenters. The highest BCUT2D eigenvalue weighted by molar-refractivity contribution is 5.81. The number of aliphatic carboxylic acids is 1. The van der Waals surface area contributed by atoms with Gasteiger partial charge in [0, 0.05) is 11.8 Å². The fraction of sp³-hybridized carbons (Fsp3) is 0.643. The van der Waals surface area contributed by atoms with Gasteiger partial charge >= 0.3 is 12.0 Å². The molecule has 0 spiro atoms. The molecule has 104 valence electrons. The molecule has 1 fully saturated rings. The maximum atomic E-state index is 11.8. The second kappa shape index (κ2) is 5.55. The number of methoxy groups -OCH3 is 1. The molecule has 19 heavy (non-hydrogen) atoms. The molecule has 0 aliphatic heterocycles. The first kappa shape index (κ1) is 13.8. The van der Waals surface area contributed by atoms with Gasteiger partial charge in [-0.2, -0.15) is 4.98 Å². The van der Waals surface area contributed by atoms with Crippen LogP contribution in [0.4, 0.5) is 0 Å². The van der Waals surface area contributed by atoms with Gasteiger partial charge < -0.3 is 9.84 Å². The minimum atomic E-state index is -0.810. The second-order valence-corrected chi connectivity index (χ2v) is 5.02. The van der Waals surface area contributed by atoms with E-state index in [0.29, 0.717) is 25.3 Å². The lowest BCUT2D eigenvalue weighted by molar-refractivity contribution is -0.145. The van der Waals surface area contributed by atoms with E-state index >= 15 is 0 Å². The summed E-state index contributed by atoms with van der Waals surface area (Å²) >= 11 is 0. The van der Waals surface area contributed by atoms with Gasteiger partial charge in [0.1, 0.15) is 0 Å². The average Bonchev–Trinajstić information content (AvgIpc) is 2.47. The quantitative estimate of drug-likeness (QED) is 0.903. The Morgan fingerprint density at radius 3 is 2.63 bits per heavy atom. The highest BCUT2D eigenvalue weighted by atomic mass is 16.5.